The molecule has 5 aromatic carbocycles. The molecule has 0 N–H and O–H groups in total. The van der Waals surface area contributed by atoms with Gasteiger partial charge in [0.15, 0.2) is 0 Å². The molecule has 2 atom stereocenters. The summed E-state index contributed by atoms with van der Waals surface area (Å²) in [6.45, 7) is 11.8. The highest BCUT2D eigenvalue weighted by atomic mass is 15.3. The minimum Gasteiger partial charge on any atom is -0.319 e. The van der Waals surface area contributed by atoms with Gasteiger partial charge in [-0.3, -0.25) is 0 Å². The lowest BCUT2D eigenvalue weighted by Gasteiger charge is -2.49. The largest absolute Gasteiger partial charge is 0.319 e. The summed E-state index contributed by atoms with van der Waals surface area (Å²) in [5, 5.41) is 2.51. The van der Waals surface area contributed by atoms with E-state index in [1.807, 2.05) is 0 Å². The van der Waals surface area contributed by atoms with Crippen molar-refractivity contribution in [3.05, 3.63) is 139 Å². The van der Waals surface area contributed by atoms with Gasteiger partial charge in [0.25, 0.3) is 0 Å². The molecule has 4 nitrogen and oxygen atoms in total. The van der Waals surface area contributed by atoms with Crippen molar-refractivity contribution >= 4 is 33.3 Å². The van der Waals surface area contributed by atoms with Crippen LogP contribution in [0.15, 0.2) is 128 Å². The molecular weight excluding hydrogens is 609 g/mol. The molecule has 0 radical (unpaired) electrons. The molecule has 50 heavy (non-hydrogen) atoms. The number of rotatable bonds is 4. The molecule has 1 aliphatic heterocycles. The maximum Gasteiger partial charge on any atom is 0.140 e. The smallest absolute Gasteiger partial charge is 0.140 e. The number of para-hydroxylation sites is 2. The van der Waals surface area contributed by atoms with Crippen molar-refractivity contribution in [3.8, 4) is 27.9 Å². The van der Waals surface area contributed by atoms with Gasteiger partial charge in [-0.05, 0) is 77.8 Å². The van der Waals surface area contributed by atoms with Gasteiger partial charge in [-0.25, -0.2) is 9.97 Å². The first-order chi connectivity index (χ1) is 24.2. The van der Waals surface area contributed by atoms with E-state index < -0.39 is 0 Å². The monoisotopic (exact) mass is 652 g/mol. The zero-order chi connectivity index (χ0) is 34.3. The zero-order valence-corrected chi connectivity index (χ0v) is 29.7. The van der Waals surface area contributed by atoms with Crippen molar-refractivity contribution in [1.82, 2.24) is 14.5 Å². The van der Waals surface area contributed by atoms with E-state index in [2.05, 4.69) is 171 Å². The van der Waals surface area contributed by atoms with Gasteiger partial charge in [0.1, 0.15) is 12.1 Å². The molecule has 0 saturated heterocycles. The van der Waals surface area contributed by atoms with Crippen molar-refractivity contribution in [2.24, 2.45) is 0 Å². The molecule has 0 amide bonds. The van der Waals surface area contributed by atoms with E-state index in [-0.39, 0.29) is 16.4 Å². The van der Waals surface area contributed by atoms with E-state index in [0.29, 0.717) is 0 Å². The molecule has 1 saturated carbocycles. The van der Waals surface area contributed by atoms with Crippen molar-refractivity contribution in [2.45, 2.75) is 76.7 Å². The van der Waals surface area contributed by atoms with Crippen LogP contribution in [0.1, 0.15) is 71.4 Å². The van der Waals surface area contributed by atoms with Crippen LogP contribution in [0.3, 0.4) is 0 Å². The summed E-state index contributed by atoms with van der Waals surface area (Å²) < 4.78 is 2.47. The minimum atomic E-state index is -0.0741. The van der Waals surface area contributed by atoms with Crippen molar-refractivity contribution in [3.63, 3.8) is 0 Å². The summed E-state index contributed by atoms with van der Waals surface area (Å²) in [4.78, 5) is 12.0. The van der Waals surface area contributed by atoms with Crippen LogP contribution in [-0.2, 0) is 10.8 Å². The molecule has 2 unspecified atom stereocenters. The van der Waals surface area contributed by atoms with Gasteiger partial charge in [-0.15, -0.1) is 0 Å². The highest BCUT2D eigenvalue weighted by molar-refractivity contribution is 6.11. The normalized spacial score (nSPS) is 20.3. The number of fused-ring (bicyclic) bond motifs is 6. The second-order valence-corrected chi connectivity index (χ2v) is 15.9. The number of benzene rings is 5. The molecular formula is C46H44N4. The second kappa shape index (κ2) is 11.1. The van der Waals surface area contributed by atoms with Crippen molar-refractivity contribution in [2.75, 3.05) is 4.90 Å². The van der Waals surface area contributed by atoms with Crippen LogP contribution < -0.4 is 4.90 Å². The Morgan fingerprint density at radius 1 is 0.660 bits per heavy atom. The molecule has 9 rings (SSSR count). The summed E-state index contributed by atoms with van der Waals surface area (Å²) in [5.74, 6) is 1.06. The molecule has 248 valence electrons. The Kier molecular flexibility index (Phi) is 6.87. The fourth-order valence-corrected chi connectivity index (χ4v) is 9.17. The average Bonchev–Trinajstić information content (AvgIpc) is 3.57. The van der Waals surface area contributed by atoms with Crippen LogP contribution in [-0.4, -0.2) is 20.1 Å². The summed E-state index contributed by atoms with van der Waals surface area (Å²) in [6, 6.07) is 42.8. The SMILES string of the molecule is CC(C)(C)c1ccc(-c2ccccc2-n2c3ccccc3c3cc(N4c5ncncc5C5(C)CCCCC45C)ccc32)c(-c2ccccc2)c1. The van der Waals surface area contributed by atoms with Gasteiger partial charge in [0.2, 0.25) is 0 Å². The average molecular weight is 653 g/mol. The molecule has 2 aliphatic rings. The fourth-order valence-electron chi connectivity index (χ4n) is 9.17. The van der Waals surface area contributed by atoms with Gasteiger partial charge >= 0.3 is 0 Å². The number of hydrogen-bond acceptors (Lipinski definition) is 3. The van der Waals surface area contributed by atoms with Gasteiger partial charge in [0, 0.05) is 39.2 Å². The van der Waals surface area contributed by atoms with E-state index in [9.17, 15) is 0 Å². The number of nitrogens with zero attached hydrogens (tertiary/aromatic N) is 4. The molecule has 1 fully saturated rings. The van der Waals surface area contributed by atoms with Gasteiger partial charge in [0.05, 0.1) is 22.3 Å². The Hall–Kier alpha value is -5.22. The molecule has 0 spiro atoms. The third-order valence-electron chi connectivity index (χ3n) is 12.1. The number of aromatic nitrogens is 3. The Labute approximate surface area is 295 Å². The Bertz CT molecular complexity index is 2420. The van der Waals surface area contributed by atoms with E-state index in [0.717, 1.165) is 18.7 Å². The van der Waals surface area contributed by atoms with Crippen molar-refractivity contribution in [1.29, 1.82) is 0 Å². The van der Waals surface area contributed by atoms with Gasteiger partial charge in [-0.2, -0.15) is 0 Å². The lowest BCUT2D eigenvalue weighted by atomic mass is 9.62. The first-order valence-corrected chi connectivity index (χ1v) is 18.1. The molecule has 0 bridgehead atoms. The first kappa shape index (κ1) is 30.8. The fraction of sp³-hybridized carbons (Fsp3) is 0.261. The van der Waals surface area contributed by atoms with Gasteiger partial charge < -0.3 is 9.47 Å². The third-order valence-corrected chi connectivity index (χ3v) is 12.1. The van der Waals surface area contributed by atoms with E-state index in [1.165, 1.54) is 79.4 Å². The lowest BCUT2D eigenvalue weighted by Crippen LogP contribution is -2.54. The standard InChI is InChI=1S/C46H44N4/c1-44(2,3)32-21-23-34(37(27-32)31-15-7-6-8-16-31)35-17-9-11-19-40(35)49-41-20-12-10-18-36(41)38-28-33(22-24-42(38)49)50-43-39(29-47-30-48-43)45(4)25-13-14-26-46(45,50)5/h6-12,15-24,27-30H,13-14,25-26H2,1-5H3. The first-order valence-electron chi connectivity index (χ1n) is 18.1. The predicted molar refractivity (Wildman–Crippen MR) is 209 cm³/mol. The number of hydrogen-bond donors (Lipinski definition) is 0. The Morgan fingerprint density at radius 2 is 1.40 bits per heavy atom. The maximum atomic E-state index is 4.94. The minimum absolute atomic E-state index is 0.00272. The molecule has 3 heterocycles. The molecule has 2 aromatic heterocycles. The van der Waals surface area contributed by atoms with E-state index in [4.69, 9.17) is 4.98 Å². The van der Waals surface area contributed by atoms with E-state index in [1.54, 1.807) is 6.33 Å². The van der Waals surface area contributed by atoms with Gasteiger partial charge in [-0.1, -0.05) is 125 Å². The quantitative estimate of drug-likeness (QED) is 0.190. The van der Waals surface area contributed by atoms with Crippen LogP contribution >= 0.6 is 0 Å². The van der Waals surface area contributed by atoms with Crippen molar-refractivity contribution < 1.29 is 0 Å². The summed E-state index contributed by atoms with van der Waals surface area (Å²) in [7, 11) is 0. The third kappa shape index (κ3) is 4.43. The highest BCUT2D eigenvalue weighted by Gasteiger charge is 2.58. The van der Waals surface area contributed by atoms with Crippen LogP contribution in [0, 0.1) is 0 Å². The lowest BCUT2D eigenvalue weighted by molar-refractivity contribution is 0.194. The highest BCUT2D eigenvalue weighted by Crippen LogP contribution is 2.60. The summed E-state index contributed by atoms with van der Waals surface area (Å²) >= 11 is 0. The maximum absolute atomic E-state index is 4.94. The van der Waals surface area contributed by atoms with Crippen LogP contribution in [0.2, 0.25) is 0 Å². The second-order valence-electron chi connectivity index (χ2n) is 15.9. The Balaban J connectivity index is 1.26. The number of anilines is 2. The molecule has 4 heteroatoms. The predicted octanol–water partition coefficient (Wildman–Crippen LogP) is 11.9. The molecule has 1 aliphatic carbocycles. The van der Waals surface area contributed by atoms with Crippen LogP contribution in [0.5, 0.6) is 0 Å². The van der Waals surface area contributed by atoms with Crippen LogP contribution in [0.4, 0.5) is 11.5 Å². The Morgan fingerprint density at radius 3 is 2.24 bits per heavy atom. The van der Waals surface area contributed by atoms with Crippen LogP contribution in [0.25, 0.3) is 49.7 Å². The topological polar surface area (TPSA) is 34.0 Å². The zero-order valence-electron chi connectivity index (χ0n) is 29.7. The van der Waals surface area contributed by atoms with E-state index >= 15 is 0 Å². The summed E-state index contributed by atoms with van der Waals surface area (Å²) in [5.41, 5.74) is 12.3. The summed E-state index contributed by atoms with van der Waals surface area (Å²) in [6.07, 6.45) is 8.54. The molecule has 7 aromatic rings.